The topological polar surface area (TPSA) is 104 Å². The Labute approximate surface area is 92.4 Å². The number of anilines is 1. The minimum atomic E-state index is -0.505. The largest absolute Gasteiger partial charge is 0.506 e. The molecule has 0 aliphatic carbocycles. The third-order valence-corrected chi connectivity index (χ3v) is 2.08. The van der Waals surface area contributed by atoms with Crippen molar-refractivity contribution in [1.82, 2.24) is 10.6 Å². The van der Waals surface area contributed by atoms with Crippen LogP contribution in [-0.2, 0) is 0 Å². The molecule has 0 aliphatic heterocycles. The molecule has 0 bridgehead atoms. The standard InChI is InChI=1S/C10H13N3O3/c1-12-9(15)6-3-5(11)4-7(8(6)14)10(16)13-2/h3-4,14H,11H2,1-2H3,(H,12,15)(H,13,16). The lowest BCUT2D eigenvalue weighted by Gasteiger charge is -2.09. The molecule has 0 heterocycles. The molecule has 0 atom stereocenters. The third-order valence-electron chi connectivity index (χ3n) is 2.08. The van der Waals surface area contributed by atoms with Crippen LogP contribution in [0.4, 0.5) is 5.69 Å². The first kappa shape index (κ1) is 11.8. The van der Waals surface area contributed by atoms with E-state index in [-0.39, 0.29) is 22.6 Å². The first-order valence-electron chi connectivity index (χ1n) is 4.58. The van der Waals surface area contributed by atoms with Gasteiger partial charge in [0.05, 0.1) is 11.1 Å². The molecule has 86 valence electrons. The van der Waals surface area contributed by atoms with Gasteiger partial charge in [0.15, 0.2) is 0 Å². The van der Waals surface area contributed by atoms with Gasteiger partial charge in [-0.1, -0.05) is 0 Å². The van der Waals surface area contributed by atoms with Crippen molar-refractivity contribution >= 4 is 17.5 Å². The number of aromatic hydroxyl groups is 1. The first-order chi connectivity index (χ1) is 7.51. The Kier molecular flexibility index (Phi) is 3.34. The Morgan fingerprint density at radius 3 is 1.81 bits per heavy atom. The average molecular weight is 223 g/mol. The molecule has 1 rings (SSSR count). The molecule has 0 fully saturated rings. The molecular formula is C10H13N3O3. The number of hydrogen-bond acceptors (Lipinski definition) is 4. The predicted octanol–water partition coefficient (Wildman–Crippen LogP) is -0.306. The van der Waals surface area contributed by atoms with E-state index in [9.17, 15) is 14.7 Å². The molecule has 6 nitrogen and oxygen atoms in total. The molecule has 1 aromatic rings. The maximum Gasteiger partial charge on any atom is 0.254 e. The normalized spacial score (nSPS) is 9.62. The van der Waals surface area contributed by atoms with Gasteiger partial charge < -0.3 is 21.5 Å². The lowest BCUT2D eigenvalue weighted by molar-refractivity contribution is 0.0958. The van der Waals surface area contributed by atoms with E-state index in [1.54, 1.807) is 0 Å². The van der Waals surface area contributed by atoms with Crippen LogP contribution in [0.25, 0.3) is 0 Å². The fourth-order valence-electron chi connectivity index (χ4n) is 1.27. The number of carbonyl (C=O) groups excluding carboxylic acids is 2. The molecule has 0 saturated carbocycles. The van der Waals surface area contributed by atoms with Crippen LogP contribution >= 0.6 is 0 Å². The number of rotatable bonds is 2. The summed E-state index contributed by atoms with van der Waals surface area (Å²) >= 11 is 0. The van der Waals surface area contributed by atoms with Gasteiger partial charge in [0.25, 0.3) is 11.8 Å². The number of phenols is 1. The van der Waals surface area contributed by atoms with E-state index in [0.717, 1.165) is 0 Å². The minimum absolute atomic E-state index is 0.0268. The Bertz CT molecular complexity index is 406. The summed E-state index contributed by atoms with van der Waals surface area (Å²) in [5, 5.41) is 14.4. The van der Waals surface area contributed by atoms with Crippen LogP contribution in [-0.4, -0.2) is 31.0 Å². The number of carbonyl (C=O) groups is 2. The smallest absolute Gasteiger partial charge is 0.254 e. The van der Waals surface area contributed by atoms with Crippen molar-refractivity contribution in [2.24, 2.45) is 0 Å². The number of hydrogen-bond donors (Lipinski definition) is 4. The van der Waals surface area contributed by atoms with Crippen molar-refractivity contribution in [3.63, 3.8) is 0 Å². The van der Waals surface area contributed by atoms with E-state index in [1.165, 1.54) is 26.2 Å². The van der Waals surface area contributed by atoms with Gasteiger partial charge in [-0.2, -0.15) is 0 Å². The Hall–Kier alpha value is -2.24. The summed E-state index contributed by atoms with van der Waals surface area (Å²) in [6.07, 6.45) is 0. The van der Waals surface area contributed by atoms with Crippen molar-refractivity contribution in [1.29, 1.82) is 0 Å². The summed E-state index contributed by atoms with van der Waals surface area (Å²) in [5.74, 6) is -1.39. The van der Waals surface area contributed by atoms with E-state index in [2.05, 4.69) is 10.6 Å². The van der Waals surface area contributed by atoms with Gasteiger partial charge in [-0.15, -0.1) is 0 Å². The van der Waals surface area contributed by atoms with Crippen LogP contribution in [0.3, 0.4) is 0 Å². The zero-order valence-corrected chi connectivity index (χ0v) is 9.00. The average Bonchev–Trinajstić information content (AvgIpc) is 2.29. The van der Waals surface area contributed by atoms with Crippen molar-refractivity contribution in [3.05, 3.63) is 23.3 Å². The molecule has 0 aliphatic rings. The number of nitrogen functional groups attached to an aromatic ring is 1. The van der Waals surface area contributed by atoms with Crippen LogP contribution in [0.15, 0.2) is 12.1 Å². The molecule has 1 aromatic carbocycles. The molecule has 0 spiro atoms. The van der Waals surface area contributed by atoms with Crippen molar-refractivity contribution in [2.45, 2.75) is 0 Å². The minimum Gasteiger partial charge on any atom is -0.506 e. The molecule has 0 saturated heterocycles. The third kappa shape index (κ3) is 2.05. The zero-order valence-electron chi connectivity index (χ0n) is 9.00. The number of benzene rings is 1. The first-order valence-corrected chi connectivity index (χ1v) is 4.58. The highest BCUT2D eigenvalue weighted by atomic mass is 16.3. The lowest BCUT2D eigenvalue weighted by Crippen LogP contribution is -2.22. The van der Waals surface area contributed by atoms with Crippen molar-refractivity contribution < 1.29 is 14.7 Å². The molecule has 0 radical (unpaired) electrons. The summed E-state index contributed by atoms with van der Waals surface area (Å²) < 4.78 is 0. The maximum atomic E-state index is 11.4. The van der Waals surface area contributed by atoms with Gasteiger partial charge in [0.1, 0.15) is 5.75 Å². The molecule has 5 N–H and O–H groups in total. The molecule has 16 heavy (non-hydrogen) atoms. The monoisotopic (exact) mass is 223 g/mol. The van der Waals surface area contributed by atoms with Crippen LogP contribution in [0, 0.1) is 0 Å². The van der Waals surface area contributed by atoms with E-state index < -0.39 is 11.8 Å². The quantitative estimate of drug-likeness (QED) is 0.408. The number of amides is 2. The van der Waals surface area contributed by atoms with Gasteiger partial charge in [-0.05, 0) is 12.1 Å². The molecular weight excluding hydrogens is 210 g/mol. The maximum absolute atomic E-state index is 11.4. The second kappa shape index (κ2) is 4.52. The van der Waals surface area contributed by atoms with E-state index in [1.807, 2.05) is 0 Å². The van der Waals surface area contributed by atoms with Gasteiger partial charge in [0.2, 0.25) is 0 Å². The summed E-state index contributed by atoms with van der Waals surface area (Å²) in [5.41, 5.74) is 5.72. The van der Waals surface area contributed by atoms with E-state index in [4.69, 9.17) is 5.73 Å². The Morgan fingerprint density at radius 2 is 1.50 bits per heavy atom. The van der Waals surface area contributed by atoms with Crippen LogP contribution in [0.5, 0.6) is 5.75 Å². The fourth-order valence-corrected chi connectivity index (χ4v) is 1.27. The van der Waals surface area contributed by atoms with Gasteiger partial charge in [-0.3, -0.25) is 9.59 Å². The number of nitrogens with one attached hydrogen (secondary N) is 2. The summed E-state index contributed by atoms with van der Waals surface area (Å²) in [7, 11) is 2.84. The Morgan fingerprint density at radius 1 is 1.12 bits per heavy atom. The summed E-state index contributed by atoms with van der Waals surface area (Å²) in [6.45, 7) is 0. The van der Waals surface area contributed by atoms with Crippen LogP contribution in [0.1, 0.15) is 20.7 Å². The molecule has 0 unspecified atom stereocenters. The van der Waals surface area contributed by atoms with E-state index in [0.29, 0.717) is 0 Å². The summed E-state index contributed by atoms with van der Waals surface area (Å²) in [6, 6.07) is 2.61. The van der Waals surface area contributed by atoms with Gasteiger partial charge in [0, 0.05) is 19.8 Å². The Balaban J connectivity index is 3.37. The van der Waals surface area contributed by atoms with Crippen molar-refractivity contribution in [2.75, 3.05) is 19.8 Å². The molecule has 0 aromatic heterocycles. The second-order valence-electron chi connectivity index (χ2n) is 3.12. The van der Waals surface area contributed by atoms with Crippen LogP contribution in [0.2, 0.25) is 0 Å². The van der Waals surface area contributed by atoms with Gasteiger partial charge >= 0.3 is 0 Å². The molecule has 2 amide bonds. The number of nitrogens with two attached hydrogens (primary N) is 1. The lowest BCUT2D eigenvalue weighted by atomic mass is 10.1. The highest BCUT2D eigenvalue weighted by molar-refractivity contribution is 6.04. The summed E-state index contributed by atoms with van der Waals surface area (Å²) in [4.78, 5) is 22.8. The van der Waals surface area contributed by atoms with Gasteiger partial charge in [-0.25, -0.2) is 0 Å². The molecule has 6 heteroatoms. The highest BCUT2D eigenvalue weighted by Gasteiger charge is 2.18. The SMILES string of the molecule is CNC(=O)c1cc(N)cc(C(=O)NC)c1O. The highest BCUT2D eigenvalue weighted by Crippen LogP contribution is 2.25. The predicted molar refractivity (Wildman–Crippen MR) is 59.3 cm³/mol. The van der Waals surface area contributed by atoms with Crippen molar-refractivity contribution in [3.8, 4) is 5.75 Å². The van der Waals surface area contributed by atoms with Crippen LogP contribution < -0.4 is 16.4 Å². The fraction of sp³-hybridized carbons (Fsp3) is 0.200. The second-order valence-corrected chi connectivity index (χ2v) is 3.12. The van der Waals surface area contributed by atoms with E-state index >= 15 is 0 Å². The zero-order chi connectivity index (χ0) is 12.3. The number of phenolic OH excluding ortho intramolecular Hbond substituents is 1.